The molecule has 1 saturated heterocycles. The molecule has 0 saturated carbocycles. The van der Waals surface area contributed by atoms with Crippen LogP contribution in [0.5, 0.6) is 0 Å². The smallest absolute Gasteiger partial charge is 0.145 e. The monoisotopic (exact) mass is 333 g/mol. The van der Waals surface area contributed by atoms with Gasteiger partial charge in [-0.15, -0.1) is 0 Å². The predicted octanol–water partition coefficient (Wildman–Crippen LogP) is 3.46. The fourth-order valence-corrected chi connectivity index (χ4v) is 4.71. The molecule has 2 aliphatic rings. The molecule has 0 bridgehead atoms. The van der Waals surface area contributed by atoms with Gasteiger partial charge in [-0.05, 0) is 43.6 Å². The van der Waals surface area contributed by atoms with Gasteiger partial charge in [-0.2, -0.15) is 0 Å². The molecule has 5 rings (SSSR count). The van der Waals surface area contributed by atoms with Crippen molar-refractivity contribution in [3.63, 3.8) is 0 Å². The number of benzene rings is 1. The number of likely N-dealkylation sites (tertiary alicyclic amines) is 1. The van der Waals surface area contributed by atoms with Crippen LogP contribution in [0.15, 0.2) is 42.9 Å². The van der Waals surface area contributed by atoms with Crippen LogP contribution >= 0.6 is 0 Å². The van der Waals surface area contributed by atoms with Gasteiger partial charge in [-0.25, -0.2) is 9.97 Å². The number of para-hydroxylation sites is 1. The maximum Gasteiger partial charge on any atom is 0.145 e. The molecular weight excluding hydrogens is 310 g/mol. The zero-order chi connectivity index (χ0) is 16.9. The van der Waals surface area contributed by atoms with E-state index in [9.17, 15) is 0 Å². The minimum absolute atomic E-state index is 0.222. The topological polar surface area (TPSA) is 48.1 Å². The van der Waals surface area contributed by atoms with Gasteiger partial charge >= 0.3 is 0 Å². The van der Waals surface area contributed by atoms with Crippen molar-refractivity contribution >= 4 is 22.5 Å². The van der Waals surface area contributed by atoms with Gasteiger partial charge in [0.05, 0.1) is 5.39 Å². The Labute approximate surface area is 147 Å². The Kier molecular flexibility index (Phi) is 3.31. The third-order valence-corrected chi connectivity index (χ3v) is 5.79. The van der Waals surface area contributed by atoms with Crippen molar-refractivity contribution < 1.29 is 0 Å². The van der Waals surface area contributed by atoms with E-state index in [0.29, 0.717) is 0 Å². The Morgan fingerprint density at radius 1 is 1.16 bits per heavy atom. The van der Waals surface area contributed by atoms with Crippen molar-refractivity contribution in [2.75, 3.05) is 31.1 Å². The molecule has 0 radical (unpaired) electrons. The third kappa shape index (κ3) is 2.19. The molecule has 0 amide bonds. The number of hydrogen-bond donors (Lipinski definition) is 1. The standard InChI is InChI=1S/C20H23N5/c1-2-10-24-11-8-20(12-24)13-25(17-6-4-3-5-16(17)20)19-15-7-9-21-18(15)22-14-23-19/h3-7,9,14H,2,8,10-13H2,1H3,(H,21,22,23). The van der Waals surface area contributed by atoms with Crippen LogP contribution in [0.3, 0.4) is 0 Å². The summed E-state index contributed by atoms with van der Waals surface area (Å²) in [7, 11) is 0. The number of aromatic amines is 1. The van der Waals surface area contributed by atoms with E-state index in [1.54, 1.807) is 6.33 Å². The second-order valence-electron chi connectivity index (χ2n) is 7.35. The first kappa shape index (κ1) is 14.9. The van der Waals surface area contributed by atoms with Crippen LogP contribution in [-0.4, -0.2) is 46.0 Å². The van der Waals surface area contributed by atoms with Gasteiger partial charge < -0.3 is 14.8 Å². The highest BCUT2D eigenvalue weighted by Gasteiger charge is 2.47. The first-order valence-corrected chi connectivity index (χ1v) is 9.18. The highest BCUT2D eigenvalue weighted by Crippen LogP contribution is 2.49. The van der Waals surface area contributed by atoms with E-state index >= 15 is 0 Å². The first-order chi connectivity index (χ1) is 12.3. The SMILES string of the molecule is CCCN1CCC2(C1)CN(c1ncnc3[nH]ccc13)c1ccccc12. The third-order valence-electron chi connectivity index (χ3n) is 5.79. The minimum atomic E-state index is 0.222. The maximum atomic E-state index is 4.65. The molecule has 128 valence electrons. The van der Waals surface area contributed by atoms with Crippen molar-refractivity contribution in [3.8, 4) is 0 Å². The summed E-state index contributed by atoms with van der Waals surface area (Å²) in [5, 5.41) is 1.10. The van der Waals surface area contributed by atoms with Crippen LogP contribution in [0.1, 0.15) is 25.3 Å². The van der Waals surface area contributed by atoms with Crippen molar-refractivity contribution in [2.24, 2.45) is 0 Å². The summed E-state index contributed by atoms with van der Waals surface area (Å²) in [5.41, 5.74) is 3.92. The van der Waals surface area contributed by atoms with Gasteiger partial charge in [-0.3, -0.25) is 0 Å². The number of rotatable bonds is 3. The van der Waals surface area contributed by atoms with Crippen LogP contribution in [0, 0.1) is 0 Å². The molecule has 0 aliphatic carbocycles. The number of anilines is 2. The Hall–Kier alpha value is -2.40. The lowest BCUT2D eigenvalue weighted by Gasteiger charge is -2.26. The van der Waals surface area contributed by atoms with E-state index in [2.05, 4.69) is 62.0 Å². The zero-order valence-corrected chi connectivity index (χ0v) is 14.6. The van der Waals surface area contributed by atoms with E-state index in [-0.39, 0.29) is 5.41 Å². The molecule has 5 nitrogen and oxygen atoms in total. The summed E-state index contributed by atoms with van der Waals surface area (Å²) >= 11 is 0. The van der Waals surface area contributed by atoms with Crippen LogP contribution in [0.2, 0.25) is 0 Å². The second-order valence-corrected chi connectivity index (χ2v) is 7.35. The van der Waals surface area contributed by atoms with Gasteiger partial charge in [0.15, 0.2) is 0 Å². The predicted molar refractivity (Wildman–Crippen MR) is 100 cm³/mol. The van der Waals surface area contributed by atoms with Gasteiger partial charge in [0.1, 0.15) is 17.8 Å². The molecule has 25 heavy (non-hydrogen) atoms. The van der Waals surface area contributed by atoms with Crippen molar-refractivity contribution in [1.82, 2.24) is 19.9 Å². The van der Waals surface area contributed by atoms with E-state index in [4.69, 9.17) is 0 Å². The van der Waals surface area contributed by atoms with Gasteiger partial charge in [0.25, 0.3) is 0 Å². The number of fused-ring (bicyclic) bond motifs is 3. The summed E-state index contributed by atoms with van der Waals surface area (Å²) in [6.45, 7) is 6.81. The maximum absolute atomic E-state index is 4.65. The lowest BCUT2D eigenvalue weighted by molar-refractivity contribution is 0.316. The van der Waals surface area contributed by atoms with Gasteiger partial charge in [-0.1, -0.05) is 25.1 Å². The lowest BCUT2D eigenvalue weighted by atomic mass is 9.81. The van der Waals surface area contributed by atoms with Crippen LogP contribution in [-0.2, 0) is 5.41 Å². The second kappa shape index (κ2) is 5.56. The Morgan fingerprint density at radius 2 is 2.08 bits per heavy atom. The van der Waals surface area contributed by atoms with Crippen molar-refractivity contribution in [1.29, 1.82) is 0 Å². The van der Waals surface area contributed by atoms with Crippen molar-refractivity contribution in [3.05, 3.63) is 48.4 Å². The molecule has 3 aromatic rings. The fourth-order valence-electron chi connectivity index (χ4n) is 4.71. The normalized spacial score (nSPS) is 23.0. The summed E-state index contributed by atoms with van der Waals surface area (Å²) < 4.78 is 0. The molecule has 5 heteroatoms. The summed E-state index contributed by atoms with van der Waals surface area (Å²) in [6.07, 6.45) is 6.05. The van der Waals surface area contributed by atoms with E-state index < -0.39 is 0 Å². The molecule has 2 aliphatic heterocycles. The van der Waals surface area contributed by atoms with Crippen molar-refractivity contribution in [2.45, 2.75) is 25.2 Å². The van der Waals surface area contributed by atoms with Gasteiger partial charge in [0.2, 0.25) is 0 Å². The van der Waals surface area contributed by atoms with E-state index in [1.165, 1.54) is 37.2 Å². The Balaban J connectivity index is 1.61. The Morgan fingerprint density at radius 3 is 3.00 bits per heavy atom. The molecule has 1 unspecified atom stereocenters. The van der Waals surface area contributed by atoms with Gasteiger partial charge in [0, 0.05) is 30.4 Å². The lowest BCUT2D eigenvalue weighted by Crippen LogP contribution is -2.35. The van der Waals surface area contributed by atoms with E-state index in [1.807, 2.05) is 6.20 Å². The fraction of sp³-hybridized carbons (Fsp3) is 0.400. The molecular formula is C20H23N5. The summed E-state index contributed by atoms with van der Waals surface area (Å²) in [4.78, 5) is 17.2. The first-order valence-electron chi connectivity index (χ1n) is 9.18. The number of H-pyrrole nitrogens is 1. The number of aromatic nitrogens is 3. The Bertz CT molecular complexity index is 917. The average molecular weight is 333 g/mol. The number of hydrogen-bond acceptors (Lipinski definition) is 4. The number of nitrogens with zero attached hydrogens (tertiary/aromatic N) is 4. The van der Waals surface area contributed by atoms with E-state index in [0.717, 1.165) is 29.9 Å². The zero-order valence-electron chi connectivity index (χ0n) is 14.6. The van der Waals surface area contributed by atoms with Crippen LogP contribution in [0.25, 0.3) is 11.0 Å². The molecule has 1 fully saturated rings. The summed E-state index contributed by atoms with van der Waals surface area (Å²) in [6, 6.07) is 11.0. The minimum Gasteiger partial charge on any atom is -0.346 e. The molecule has 1 N–H and O–H groups in total. The average Bonchev–Trinajstić information content (AvgIpc) is 3.34. The highest BCUT2D eigenvalue weighted by atomic mass is 15.3. The molecule has 1 aromatic carbocycles. The van der Waals surface area contributed by atoms with Crippen LogP contribution < -0.4 is 4.90 Å². The largest absolute Gasteiger partial charge is 0.346 e. The quantitative estimate of drug-likeness (QED) is 0.797. The highest BCUT2D eigenvalue weighted by molar-refractivity contribution is 5.91. The summed E-state index contributed by atoms with van der Waals surface area (Å²) in [5.74, 6) is 1.02. The van der Waals surface area contributed by atoms with Crippen LogP contribution in [0.4, 0.5) is 11.5 Å². The molecule has 1 atom stereocenters. The molecule has 2 aromatic heterocycles. The molecule has 4 heterocycles. The number of nitrogens with one attached hydrogen (secondary N) is 1. The molecule has 1 spiro atoms.